The minimum atomic E-state index is -0.0261. The first-order chi connectivity index (χ1) is 8.60. The molecule has 18 heavy (non-hydrogen) atoms. The van der Waals surface area contributed by atoms with Gasteiger partial charge in [-0.05, 0) is 24.6 Å². The van der Waals surface area contributed by atoms with Crippen LogP contribution >= 0.6 is 11.6 Å². The third-order valence-corrected chi connectivity index (χ3v) is 3.18. The van der Waals surface area contributed by atoms with Gasteiger partial charge >= 0.3 is 0 Å². The van der Waals surface area contributed by atoms with E-state index in [1.54, 1.807) is 0 Å². The second-order valence-electron chi connectivity index (χ2n) is 4.48. The van der Waals surface area contributed by atoms with Gasteiger partial charge in [-0.15, -0.1) is 0 Å². The number of nitrogens with two attached hydrogens (primary N) is 1. The molecule has 1 atom stereocenters. The zero-order valence-corrected chi connectivity index (χ0v) is 11.5. The van der Waals surface area contributed by atoms with Gasteiger partial charge in [0.25, 0.3) is 0 Å². The van der Waals surface area contributed by atoms with Gasteiger partial charge < -0.3 is 10.3 Å². The predicted molar refractivity (Wildman–Crippen MR) is 74.8 cm³/mol. The molecule has 0 radical (unpaired) electrons. The third-order valence-electron chi connectivity index (χ3n) is 2.93. The van der Waals surface area contributed by atoms with Crippen molar-refractivity contribution in [2.75, 3.05) is 0 Å². The summed E-state index contributed by atoms with van der Waals surface area (Å²) in [7, 11) is 0. The highest BCUT2D eigenvalue weighted by Crippen LogP contribution is 2.15. The summed E-state index contributed by atoms with van der Waals surface area (Å²) in [5, 5.41) is 0.761. The fraction of sp³-hybridized carbons (Fsp3) is 0.357. The summed E-state index contributed by atoms with van der Waals surface area (Å²) < 4.78 is 2.15. The monoisotopic (exact) mass is 263 g/mol. The Labute approximate surface area is 113 Å². The third kappa shape index (κ3) is 2.92. The zero-order chi connectivity index (χ0) is 13.1. The van der Waals surface area contributed by atoms with Gasteiger partial charge in [-0.1, -0.05) is 30.7 Å². The maximum Gasteiger partial charge on any atom is 0.109 e. The highest BCUT2D eigenvalue weighted by molar-refractivity contribution is 6.30. The van der Waals surface area contributed by atoms with Gasteiger partial charge in [-0.25, -0.2) is 4.98 Å². The van der Waals surface area contributed by atoms with Crippen LogP contribution in [-0.2, 0) is 13.0 Å². The summed E-state index contributed by atoms with van der Waals surface area (Å²) in [5.74, 6) is 1.07. The standard InChI is InChI=1S/C14H18ClN3/c1-3-14-17-13(10(2)16)9-18(14)8-11-4-6-12(15)7-5-11/h4-7,9-10H,3,8,16H2,1-2H3. The number of nitrogens with zero attached hydrogens (tertiary/aromatic N) is 2. The molecule has 0 fully saturated rings. The van der Waals surface area contributed by atoms with Gasteiger partial charge in [0.15, 0.2) is 0 Å². The number of aromatic nitrogens is 2. The summed E-state index contributed by atoms with van der Waals surface area (Å²) in [5.41, 5.74) is 8.03. The molecule has 2 N–H and O–H groups in total. The summed E-state index contributed by atoms with van der Waals surface area (Å²) >= 11 is 5.88. The molecule has 3 nitrogen and oxygen atoms in total. The molecule has 1 aromatic heterocycles. The number of hydrogen-bond acceptors (Lipinski definition) is 2. The summed E-state index contributed by atoms with van der Waals surface area (Å²) in [6, 6.07) is 7.86. The van der Waals surface area contributed by atoms with Crippen LogP contribution < -0.4 is 5.73 Å². The predicted octanol–water partition coefficient (Wildman–Crippen LogP) is 3.17. The van der Waals surface area contributed by atoms with Gasteiger partial charge in [-0.3, -0.25) is 0 Å². The van der Waals surface area contributed by atoms with Crippen LogP contribution in [0.3, 0.4) is 0 Å². The Hall–Kier alpha value is -1.32. The average molecular weight is 264 g/mol. The molecule has 0 aliphatic rings. The molecule has 4 heteroatoms. The fourth-order valence-corrected chi connectivity index (χ4v) is 2.03. The van der Waals surface area contributed by atoms with Crippen LogP contribution in [-0.4, -0.2) is 9.55 Å². The first-order valence-corrected chi connectivity index (χ1v) is 6.54. The van der Waals surface area contributed by atoms with Crippen molar-refractivity contribution in [1.82, 2.24) is 9.55 Å². The average Bonchev–Trinajstić information content (AvgIpc) is 2.75. The first kappa shape index (κ1) is 13.1. The van der Waals surface area contributed by atoms with Crippen molar-refractivity contribution in [2.24, 2.45) is 5.73 Å². The SMILES string of the molecule is CCc1nc(C(C)N)cn1Cc1ccc(Cl)cc1. The fourth-order valence-electron chi connectivity index (χ4n) is 1.90. The lowest BCUT2D eigenvalue weighted by molar-refractivity contribution is 0.732. The van der Waals surface area contributed by atoms with E-state index in [2.05, 4.69) is 16.5 Å². The van der Waals surface area contributed by atoms with Crippen molar-refractivity contribution in [3.8, 4) is 0 Å². The lowest BCUT2D eigenvalue weighted by atomic mass is 10.2. The van der Waals surface area contributed by atoms with Gasteiger partial charge in [0.2, 0.25) is 0 Å². The molecule has 0 saturated carbocycles. The van der Waals surface area contributed by atoms with E-state index in [1.165, 1.54) is 5.56 Å². The lowest BCUT2D eigenvalue weighted by Crippen LogP contribution is -2.05. The maximum atomic E-state index is 5.88. The van der Waals surface area contributed by atoms with E-state index >= 15 is 0 Å². The summed E-state index contributed by atoms with van der Waals surface area (Å²) in [6.07, 6.45) is 2.94. The number of halogens is 1. The molecule has 0 spiro atoms. The number of imidazole rings is 1. The van der Waals surface area contributed by atoms with Crippen LogP contribution in [0.1, 0.15) is 37.0 Å². The molecular formula is C14H18ClN3. The van der Waals surface area contributed by atoms with E-state index in [0.29, 0.717) is 0 Å². The minimum Gasteiger partial charge on any atom is -0.330 e. The Morgan fingerprint density at radius 1 is 1.33 bits per heavy atom. The first-order valence-electron chi connectivity index (χ1n) is 6.16. The van der Waals surface area contributed by atoms with E-state index < -0.39 is 0 Å². The molecule has 0 aliphatic carbocycles. The molecule has 0 saturated heterocycles. The van der Waals surface area contributed by atoms with Crippen LogP contribution in [0.2, 0.25) is 5.02 Å². The quantitative estimate of drug-likeness (QED) is 0.921. The Bertz CT molecular complexity index is 514. The molecule has 2 aromatic rings. The van der Waals surface area contributed by atoms with Crippen LogP contribution in [0.4, 0.5) is 0 Å². The van der Waals surface area contributed by atoms with Gasteiger partial charge in [-0.2, -0.15) is 0 Å². The van der Waals surface area contributed by atoms with Crippen LogP contribution in [0, 0.1) is 0 Å². The highest BCUT2D eigenvalue weighted by Gasteiger charge is 2.09. The van der Waals surface area contributed by atoms with Gasteiger partial charge in [0.05, 0.1) is 5.69 Å². The molecule has 0 amide bonds. The zero-order valence-electron chi connectivity index (χ0n) is 10.7. The van der Waals surface area contributed by atoms with E-state index in [9.17, 15) is 0 Å². The molecule has 2 rings (SSSR count). The minimum absolute atomic E-state index is 0.0261. The Morgan fingerprint density at radius 3 is 2.56 bits per heavy atom. The van der Waals surface area contributed by atoms with E-state index in [-0.39, 0.29) is 6.04 Å². The molecule has 1 heterocycles. The molecule has 1 aromatic carbocycles. The molecular weight excluding hydrogens is 246 g/mol. The lowest BCUT2D eigenvalue weighted by Gasteiger charge is -2.06. The number of benzene rings is 1. The Balaban J connectivity index is 2.25. The maximum absolute atomic E-state index is 5.88. The Kier molecular flexibility index (Phi) is 4.04. The number of rotatable bonds is 4. The normalized spacial score (nSPS) is 12.7. The van der Waals surface area contributed by atoms with Gasteiger partial charge in [0, 0.05) is 30.2 Å². The van der Waals surface area contributed by atoms with E-state index in [4.69, 9.17) is 17.3 Å². The highest BCUT2D eigenvalue weighted by atomic mass is 35.5. The van der Waals surface area contributed by atoms with E-state index in [0.717, 1.165) is 29.5 Å². The van der Waals surface area contributed by atoms with Crippen LogP contribution in [0.25, 0.3) is 0 Å². The van der Waals surface area contributed by atoms with Crippen molar-refractivity contribution in [1.29, 1.82) is 0 Å². The summed E-state index contributed by atoms with van der Waals surface area (Å²) in [4.78, 5) is 4.55. The van der Waals surface area contributed by atoms with Crippen LogP contribution in [0.5, 0.6) is 0 Å². The number of aryl methyl sites for hydroxylation is 1. The molecule has 0 bridgehead atoms. The largest absolute Gasteiger partial charge is 0.330 e. The van der Waals surface area contributed by atoms with Gasteiger partial charge in [0.1, 0.15) is 5.82 Å². The molecule has 1 unspecified atom stereocenters. The molecule has 96 valence electrons. The second kappa shape index (κ2) is 5.55. The van der Waals surface area contributed by atoms with Crippen molar-refractivity contribution in [3.63, 3.8) is 0 Å². The van der Waals surface area contributed by atoms with Crippen molar-refractivity contribution in [2.45, 2.75) is 32.9 Å². The van der Waals surface area contributed by atoms with Crippen molar-refractivity contribution >= 4 is 11.6 Å². The van der Waals surface area contributed by atoms with Crippen LogP contribution in [0.15, 0.2) is 30.5 Å². The second-order valence-corrected chi connectivity index (χ2v) is 4.92. The Morgan fingerprint density at radius 2 is 2.00 bits per heavy atom. The van der Waals surface area contributed by atoms with Crippen molar-refractivity contribution in [3.05, 3.63) is 52.6 Å². The van der Waals surface area contributed by atoms with Crippen molar-refractivity contribution < 1.29 is 0 Å². The smallest absolute Gasteiger partial charge is 0.109 e. The number of hydrogen-bond donors (Lipinski definition) is 1. The van der Waals surface area contributed by atoms with E-state index in [1.807, 2.05) is 37.4 Å². The molecule has 0 aliphatic heterocycles. The summed E-state index contributed by atoms with van der Waals surface area (Å²) in [6.45, 7) is 4.86. The topological polar surface area (TPSA) is 43.8 Å².